The summed E-state index contributed by atoms with van der Waals surface area (Å²) in [6, 6.07) is 0. The van der Waals surface area contributed by atoms with Crippen LogP contribution in [0.15, 0.2) is 23.5 Å². The van der Waals surface area contributed by atoms with Crippen molar-refractivity contribution in [1.82, 2.24) is 23.9 Å². The van der Waals surface area contributed by atoms with Gasteiger partial charge >= 0.3 is 0 Å². The van der Waals surface area contributed by atoms with Gasteiger partial charge in [-0.1, -0.05) is 0 Å². The molecule has 1 aliphatic heterocycles. The number of aliphatic hydroxyl groups excluding tert-OH is 2. The molecule has 3 aromatic rings. The summed E-state index contributed by atoms with van der Waals surface area (Å²) in [5.41, 5.74) is 0.479. The van der Waals surface area contributed by atoms with Crippen molar-refractivity contribution in [3.8, 4) is 0 Å². The van der Waals surface area contributed by atoms with Crippen LogP contribution in [0.5, 0.6) is 0 Å². The molecule has 0 saturated carbocycles. The largest absolute Gasteiger partial charge is 0.394 e. The minimum atomic E-state index is -0.751. The molecule has 3 aromatic heterocycles. The first-order chi connectivity index (χ1) is 10.2. The Morgan fingerprint density at radius 1 is 1.48 bits per heavy atom. The van der Waals surface area contributed by atoms with Gasteiger partial charge < -0.3 is 19.9 Å². The number of nitrogens with one attached hydrogen (secondary N) is 1. The maximum Gasteiger partial charge on any atom is 0.287 e. The van der Waals surface area contributed by atoms with Gasteiger partial charge in [0, 0.05) is 18.8 Å². The molecule has 0 spiro atoms. The van der Waals surface area contributed by atoms with Crippen LogP contribution in [0.1, 0.15) is 12.6 Å². The highest BCUT2D eigenvalue weighted by Crippen LogP contribution is 2.30. The predicted octanol–water partition coefficient (Wildman–Crippen LogP) is -0.987. The molecule has 4 heterocycles. The molecular formula is C12H13N5O4. The molecule has 0 aromatic carbocycles. The zero-order chi connectivity index (χ0) is 14.6. The topological polar surface area (TPSA) is 118 Å². The van der Waals surface area contributed by atoms with Crippen molar-refractivity contribution in [3.63, 3.8) is 0 Å². The fraction of sp³-hybridized carbons (Fsp3) is 0.417. The van der Waals surface area contributed by atoms with Gasteiger partial charge in [0.25, 0.3) is 5.56 Å². The third-order valence-electron chi connectivity index (χ3n) is 3.78. The molecule has 110 valence electrons. The Balaban J connectivity index is 1.87. The molecule has 1 saturated heterocycles. The number of nitrogens with zero attached hydrogens (tertiary/aromatic N) is 4. The number of aliphatic hydroxyl groups is 2. The van der Waals surface area contributed by atoms with Gasteiger partial charge in [-0.05, 0) is 0 Å². The van der Waals surface area contributed by atoms with Crippen molar-refractivity contribution in [1.29, 1.82) is 0 Å². The van der Waals surface area contributed by atoms with E-state index in [-0.39, 0.29) is 17.7 Å². The molecular weight excluding hydrogens is 283 g/mol. The van der Waals surface area contributed by atoms with Crippen LogP contribution in [-0.2, 0) is 4.74 Å². The molecule has 0 unspecified atom stereocenters. The van der Waals surface area contributed by atoms with Crippen LogP contribution in [-0.4, -0.2) is 52.9 Å². The third-order valence-corrected chi connectivity index (χ3v) is 3.78. The van der Waals surface area contributed by atoms with Crippen molar-refractivity contribution < 1.29 is 14.9 Å². The lowest BCUT2D eigenvalue weighted by atomic mass is 10.5. The van der Waals surface area contributed by atoms with Crippen LogP contribution in [0.25, 0.3) is 16.9 Å². The normalized spacial score (nSPS) is 26.1. The maximum absolute atomic E-state index is 12.3. The molecule has 0 bridgehead atoms. The summed E-state index contributed by atoms with van der Waals surface area (Å²) in [6.07, 6.45) is 3.01. The monoisotopic (exact) mass is 296 g/mol. The van der Waals surface area contributed by atoms with Crippen LogP contribution in [0.2, 0.25) is 0 Å². The molecule has 1 fully saturated rings. The second-order valence-electron chi connectivity index (χ2n) is 5.01. The first-order valence-electron chi connectivity index (χ1n) is 6.55. The summed E-state index contributed by atoms with van der Waals surface area (Å²) in [7, 11) is 0. The number of aromatic amines is 1. The Hall–Kier alpha value is -2.23. The minimum Gasteiger partial charge on any atom is -0.394 e. The standard InChI is InChI=1S/C12H13N5O4/c18-4-7-6(19)3-8(21-7)17-5-14-9-10(17)15-12-13-1-2-16(12)11(9)20/h1-2,5-8,18-19H,3-4H2,(H,13,15)/t6-,7+,8+/m0/s1/i3+1,4+1,6+1,7+1,8+1. The molecule has 0 radical (unpaired) electrons. The van der Waals surface area contributed by atoms with Gasteiger partial charge in [-0.25, -0.2) is 14.4 Å². The number of imidazole rings is 2. The average molecular weight is 296 g/mol. The van der Waals surface area contributed by atoms with Crippen LogP contribution < -0.4 is 5.56 Å². The second-order valence-corrected chi connectivity index (χ2v) is 5.01. The first-order valence-corrected chi connectivity index (χ1v) is 6.55. The predicted molar refractivity (Wildman–Crippen MR) is 70.7 cm³/mol. The van der Waals surface area contributed by atoms with Crippen LogP contribution in [0.3, 0.4) is 0 Å². The Labute approximate surface area is 117 Å². The van der Waals surface area contributed by atoms with Gasteiger partial charge in [-0.2, -0.15) is 0 Å². The third kappa shape index (κ3) is 1.71. The first kappa shape index (κ1) is 12.5. The molecule has 0 amide bonds. The molecule has 4 rings (SSSR count). The van der Waals surface area contributed by atoms with E-state index in [4.69, 9.17) is 9.84 Å². The van der Waals surface area contributed by atoms with E-state index in [0.717, 1.165) is 0 Å². The Morgan fingerprint density at radius 2 is 2.33 bits per heavy atom. The number of H-pyrrole nitrogens is 1. The van der Waals surface area contributed by atoms with Crippen molar-refractivity contribution in [2.45, 2.75) is 24.9 Å². The van der Waals surface area contributed by atoms with Crippen molar-refractivity contribution >= 4 is 16.9 Å². The highest BCUT2D eigenvalue weighted by Gasteiger charge is 2.35. The lowest BCUT2D eigenvalue weighted by molar-refractivity contribution is -0.0432. The minimum absolute atomic E-state index is 0.259. The number of rotatable bonds is 2. The fourth-order valence-electron chi connectivity index (χ4n) is 2.69. The van der Waals surface area contributed by atoms with E-state index in [1.54, 1.807) is 10.8 Å². The van der Waals surface area contributed by atoms with Gasteiger partial charge in [-0.3, -0.25) is 9.36 Å². The molecule has 0 aliphatic carbocycles. The van der Waals surface area contributed by atoms with Gasteiger partial charge in [0.05, 0.1) is 19.0 Å². The highest BCUT2D eigenvalue weighted by molar-refractivity contribution is 5.71. The van der Waals surface area contributed by atoms with E-state index in [0.29, 0.717) is 17.8 Å². The summed E-state index contributed by atoms with van der Waals surface area (Å²) < 4.78 is 8.60. The van der Waals surface area contributed by atoms with Crippen molar-refractivity contribution in [2.75, 3.05) is 6.61 Å². The molecule has 9 nitrogen and oxygen atoms in total. The SMILES string of the molecule is O=c1c2ncn([13C@H]3[13CH2][13C@H](O)[13C@@H]([13CH2]O)O3)c2[nH]c2nccn12. The zero-order valence-electron chi connectivity index (χ0n) is 10.9. The lowest BCUT2D eigenvalue weighted by Gasteiger charge is -2.13. The van der Waals surface area contributed by atoms with Crippen LogP contribution in [0.4, 0.5) is 0 Å². The summed E-state index contributed by atoms with van der Waals surface area (Å²) in [4.78, 5) is 23.5. The highest BCUT2D eigenvalue weighted by atomic mass is 16.7. The average Bonchev–Trinajstić information content (AvgIpc) is 3.16. The fourth-order valence-corrected chi connectivity index (χ4v) is 2.69. The summed E-state index contributed by atoms with van der Waals surface area (Å²) in [6.45, 7) is -0.259. The maximum atomic E-state index is 12.3. The van der Waals surface area contributed by atoms with E-state index in [1.807, 2.05) is 0 Å². The van der Waals surface area contributed by atoms with Crippen molar-refractivity contribution in [3.05, 3.63) is 29.1 Å². The smallest absolute Gasteiger partial charge is 0.287 e. The number of hydrogen-bond donors (Lipinski definition) is 3. The molecule has 9 heteroatoms. The molecule has 1 aliphatic rings. The van der Waals surface area contributed by atoms with Crippen LogP contribution in [0, 0.1) is 0 Å². The number of hydrogen-bond acceptors (Lipinski definition) is 6. The number of fused-ring (bicyclic) bond motifs is 2. The van der Waals surface area contributed by atoms with Gasteiger partial charge in [0.15, 0.2) is 5.52 Å². The Kier molecular flexibility index (Phi) is 2.61. The zero-order valence-corrected chi connectivity index (χ0v) is 10.9. The number of aromatic nitrogens is 5. The summed E-state index contributed by atoms with van der Waals surface area (Å²) in [5.74, 6) is 0.409. The molecule has 21 heavy (non-hydrogen) atoms. The van der Waals surface area contributed by atoms with Gasteiger partial charge in [0.2, 0.25) is 5.78 Å². The van der Waals surface area contributed by atoms with Crippen LogP contribution >= 0.6 is 0 Å². The van der Waals surface area contributed by atoms with E-state index in [2.05, 4.69) is 15.0 Å². The quantitative estimate of drug-likeness (QED) is 0.523. The second kappa shape index (κ2) is 4.38. The van der Waals surface area contributed by atoms with Crippen molar-refractivity contribution in [2.24, 2.45) is 0 Å². The van der Waals surface area contributed by atoms with Gasteiger partial charge in [0.1, 0.15) is 18.0 Å². The van der Waals surface area contributed by atoms with E-state index >= 15 is 0 Å². The molecule has 3 atom stereocenters. The summed E-state index contributed by atoms with van der Waals surface area (Å²) in [5, 5.41) is 19.0. The van der Waals surface area contributed by atoms with Gasteiger partial charge in [-0.15, -0.1) is 0 Å². The number of ether oxygens (including phenoxy) is 1. The summed E-state index contributed by atoms with van der Waals surface area (Å²) >= 11 is 0. The van der Waals surface area contributed by atoms with E-state index in [1.165, 1.54) is 16.9 Å². The molecule has 3 N–H and O–H groups in total. The Morgan fingerprint density at radius 3 is 3.10 bits per heavy atom. The van der Waals surface area contributed by atoms with E-state index in [9.17, 15) is 9.90 Å². The Bertz CT molecular complexity index is 865. The van der Waals surface area contributed by atoms with E-state index < -0.39 is 18.4 Å². The lowest BCUT2D eigenvalue weighted by Crippen LogP contribution is -2.24.